The van der Waals surface area contributed by atoms with Crippen LogP contribution in [-0.2, 0) is 6.54 Å². The molecular formula is C21H27N. The van der Waals surface area contributed by atoms with Crippen molar-refractivity contribution in [1.82, 2.24) is 4.90 Å². The van der Waals surface area contributed by atoms with Gasteiger partial charge in [0.2, 0.25) is 0 Å². The minimum Gasteiger partial charge on any atom is -0.298 e. The van der Waals surface area contributed by atoms with Gasteiger partial charge in [0, 0.05) is 18.5 Å². The van der Waals surface area contributed by atoms with Gasteiger partial charge < -0.3 is 0 Å². The zero-order chi connectivity index (χ0) is 16.0. The van der Waals surface area contributed by atoms with E-state index in [1.165, 1.54) is 22.4 Å². The SMILES string of the molecule is CN(C/C=C/C#CC(C)(C)C)Cc1cccc2c1=CCCC=2. The quantitative estimate of drug-likeness (QED) is 0.771. The number of hydrogen-bond acceptors (Lipinski definition) is 1. The lowest BCUT2D eigenvalue weighted by atomic mass is 9.98. The molecule has 1 aromatic carbocycles. The van der Waals surface area contributed by atoms with Crippen LogP contribution in [0.5, 0.6) is 0 Å². The first-order chi connectivity index (χ1) is 10.5. The van der Waals surface area contributed by atoms with Gasteiger partial charge in [-0.3, -0.25) is 4.90 Å². The lowest BCUT2D eigenvalue weighted by Gasteiger charge is -2.15. The molecule has 0 aliphatic heterocycles. The Morgan fingerprint density at radius 2 is 1.95 bits per heavy atom. The molecule has 0 fully saturated rings. The molecule has 0 unspecified atom stereocenters. The molecule has 0 saturated carbocycles. The number of fused-ring (bicyclic) bond motifs is 1. The van der Waals surface area contributed by atoms with Crippen molar-refractivity contribution in [2.24, 2.45) is 5.41 Å². The molecule has 1 aliphatic carbocycles. The maximum atomic E-state index is 3.22. The Morgan fingerprint density at radius 3 is 2.73 bits per heavy atom. The lowest BCUT2D eigenvalue weighted by molar-refractivity contribution is 0.362. The summed E-state index contributed by atoms with van der Waals surface area (Å²) >= 11 is 0. The summed E-state index contributed by atoms with van der Waals surface area (Å²) in [6.07, 6.45) is 11.2. The van der Waals surface area contributed by atoms with Gasteiger partial charge in [-0.15, -0.1) is 0 Å². The number of likely N-dealkylation sites (N-methyl/N-ethyl adjacent to an activating group) is 1. The minimum absolute atomic E-state index is 0.0751. The van der Waals surface area contributed by atoms with Crippen LogP contribution in [0.3, 0.4) is 0 Å². The highest BCUT2D eigenvalue weighted by Gasteiger charge is 2.03. The van der Waals surface area contributed by atoms with Crippen LogP contribution < -0.4 is 10.4 Å². The second-order valence-corrected chi connectivity index (χ2v) is 7.02. The van der Waals surface area contributed by atoms with E-state index in [4.69, 9.17) is 0 Å². The molecule has 1 nitrogen and oxygen atoms in total. The second kappa shape index (κ2) is 7.47. The van der Waals surface area contributed by atoms with E-state index < -0.39 is 0 Å². The van der Waals surface area contributed by atoms with Crippen LogP contribution in [0.1, 0.15) is 39.2 Å². The third-order valence-electron chi connectivity index (χ3n) is 3.62. The van der Waals surface area contributed by atoms with Crippen LogP contribution in [0, 0.1) is 17.3 Å². The number of rotatable bonds is 4. The lowest BCUT2D eigenvalue weighted by Crippen LogP contribution is -2.33. The molecule has 22 heavy (non-hydrogen) atoms. The van der Waals surface area contributed by atoms with Crippen LogP contribution in [0.4, 0.5) is 0 Å². The highest BCUT2D eigenvalue weighted by Crippen LogP contribution is 2.09. The van der Waals surface area contributed by atoms with E-state index >= 15 is 0 Å². The molecule has 0 spiro atoms. The van der Waals surface area contributed by atoms with Gasteiger partial charge in [-0.1, -0.05) is 48.3 Å². The van der Waals surface area contributed by atoms with Crippen LogP contribution in [0.25, 0.3) is 12.2 Å². The molecule has 0 radical (unpaired) electrons. The van der Waals surface area contributed by atoms with E-state index in [2.05, 4.69) is 81.0 Å². The molecular weight excluding hydrogens is 266 g/mol. The van der Waals surface area contributed by atoms with Gasteiger partial charge in [0.25, 0.3) is 0 Å². The Bertz CT molecular complexity index is 705. The fourth-order valence-electron chi connectivity index (χ4n) is 2.57. The van der Waals surface area contributed by atoms with Gasteiger partial charge >= 0.3 is 0 Å². The van der Waals surface area contributed by atoms with E-state index in [-0.39, 0.29) is 5.41 Å². The van der Waals surface area contributed by atoms with E-state index in [1.54, 1.807) is 0 Å². The molecule has 0 saturated heterocycles. The maximum absolute atomic E-state index is 3.22. The summed E-state index contributed by atoms with van der Waals surface area (Å²) in [6.45, 7) is 8.29. The predicted octanol–water partition coefficient (Wildman–Crippen LogP) is 3.08. The topological polar surface area (TPSA) is 3.24 Å². The van der Waals surface area contributed by atoms with Crippen LogP contribution >= 0.6 is 0 Å². The van der Waals surface area contributed by atoms with E-state index in [9.17, 15) is 0 Å². The molecule has 1 aliphatic rings. The minimum atomic E-state index is 0.0751. The number of benzene rings is 1. The van der Waals surface area contributed by atoms with Crippen molar-refractivity contribution in [1.29, 1.82) is 0 Å². The predicted molar refractivity (Wildman–Crippen MR) is 96.6 cm³/mol. The molecule has 2 rings (SSSR count). The van der Waals surface area contributed by atoms with Crippen molar-refractivity contribution in [3.8, 4) is 11.8 Å². The Kier molecular flexibility index (Phi) is 5.63. The highest BCUT2D eigenvalue weighted by molar-refractivity contribution is 5.41. The monoisotopic (exact) mass is 293 g/mol. The summed E-state index contributed by atoms with van der Waals surface area (Å²) in [5, 5.41) is 2.82. The molecule has 1 aromatic rings. The first kappa shape index (κ1) is 16.6. The number of hydrogen-bond donors (Lipinski definition) is 0. The first-order valence-corrected chi connectivity index (χ1v) is 8.10. The fourth-order valence-corrected chi connectivity index (χ4v) is 2.57. The van der Waals surface area contributed by atoms with E-state index in [1.807, 2.05) is 6.08 Å². The van der Waals surface area contributed by atoms with Crippen molar-refractivity contribution < 1.29 is 0 Å². The Labute approximate surface area is 135 Å². The van der Waals surface area contributed by atoms with Crippen molar-refractivity contribution in [2.75, 3.05) is 13.6 Å². The fraction of sp³-hybridized carbons (Fsp3) is 0.429. The summed E-state index contributed by atoms with van der Waals surface area (Å²) in [6, 6.07) is 6.63. The summed E-state index contributed by atoms with van der Waals surface area (Å²) in [5.41, 5.74) is 1.50. The molecule has 1 heteroatoms. The van der Waals surface area contributed by atoms with E-state index in [0.717, 1.165) is 19.5 Å². The van der Waals surface area contributed by atoms with Crippen molar-refractivity contribution >= 4 is 12.2 Å². The maximum Gasteiger partial charge on any atom is 0.0240 e. The van der Waals surface area contributed by atoms with Gasteiger partial charge in [0.15, 0.2) is 0 Å². The normalized spacial score (nSPS) is 14.0. The highest BCUT2D eigenvalue weighted by atomic mass is 15.1. The zero-order valence-corrected chi connectivity index (χ0v) is 14.3. The molecule has 0 bridgehead atoms. The van der Waals surface area contributed by atoms with Crippen LogP contribution in [0.2, 0.25) is 0 Å². The largest absolute Gasteiger partial charge is 0.298 e. The zero-order valence-electron chi connectivity index (χ0n) is 14.3. The van der Waals surface area contributed by atoms with Crippen LogP contribution in [0.15, 0.2) is 30.4 Å². The first-order valence-electron chi connectivity index (χ1n) is 8.10. The summed E-state index contributed by atoms with van der Waals surface area (Å²) < 4.78 is 0. The third-order valence-corrected chi connectivity index (χ3v) is 3.62. The molecule has 0 atom stereocenters. The Balaban J connectivity index is 1.98. The van der Waals surface area contributed by atoms with Gasteiger partial charge in [0.1, 0.15) is 0 Å². The average molecular weight is 293 g/mol. The summed E-state index contributed by atoms with van der Waals surface area (Å²) in [5.74, 6) is 6.35. The van der Waals surface area contributed by atoms with Crippen molar-refractivity contribution in [3.05, 3.63) is 46.4 Å². The van der Waals surface area contributed by atoms with Gasteiger partial charge in [-0.25, -0.2) is 0 Å². The van der Waals surface area contributed by atoms with E-state index in [0.29, 0.717) is 0 Å². The molecule has 0 heterocycles. The summed E-state index contributed by atoms with van der Waals surface area (Å²) in [7, 11) is 2.16. The molecule has 0 aromatic heterocycles. The Morgan fingerprint density at radius 1 is 1.18 bits per heavy atom. The van der Waals surface area contributed by atoms with Gasteiger partial charge in [0.05, 0.1) is 0 Å². The summed E-state index contributed by atoms with van der Waals surface area (Å²) in [4.78, 5) is 2.33. The molecule has 0 N–H and O–H groups in total. The molecule has 0 amide bonds. The smallest absolute Gasteiger partial charge is 0.0240 e. The number of allylic oxidation sites excluding steroid dienone is 1. The van der Waals surface area contributed by atoms with Crippen molar-refractivity contribution in [2.45, 2.75) is 40.2 Å². The van der Waals surface area contributed by atoms with Gasteiger partial charge in [-0.05, 0) is 62.7 Å². The Hall–Kier alpha value is -1.78. The second-order valence-electron chi connectivity index (χ2n) is 7.02. The third kappa shape index (κ3) is 5.20. The molecule has 116 valence electrons. The number of nitrogens with zero attached hydrogens (tertiary/aromatic N) is 1. The van der Waals surface area contributed by atoms with Crippen molar-refractivity contribution in [3.63, 3.8) is 0 Å². The standard InChI is InChI=1S/C21H27N/c1-21(2,3)15-8-5-9-16-22(4)17-19-13-10-12-18-11-6-7-14-20(18)19/h5,9-14H,6-7,16-17H2,1-4H3/b9-5+. The average Bonchev–Trinajstić information content (AvgIpc) is 2.46. The van der Waals surface area contributed by atoms with Gasteiger partial charge in [-0.2, -0.15) is 0 Å². The van der Waals surface area contributed by atoms with Crippen LogP contribution in [-0.4, -0.2) is 18.5 Å².